The lowest BCUT2D eigenvalue weighted by Gasteiger charge is -2.39. The number of carbonyl (C=O) groups is 1. The Morgan fingerprint density at radius 3 is 2.24 bits per heavy atom. The van der Waals surface area contributed by atoms with E-state index in [1.807, 2.05) is 4.90 Å². The van der Waals surface area contributed by atoms with Crippen LogP contribution in [0.25, 0.3) is 0 Å². The largest absolute Gasteiger partial charge is 0.508 e. The number of carbonyl (C=O) groups excluding carboxylic acids is 1. The van der Waals surface area contributed by atoms with Gasteiger partial charge in [0, 0.05) is 17.6 Å². The second-order valence-electron chi connectivity index (χ2n) is 4.89. The lowest BCUT2D eigenvalue weighted by Crippen LogP contribution is -2.47. The average Bonchev–Trinajstić information content (AvgIpc) is 2.29. The molecule has 2 atom stereocenters. The normalized spacial score (nSPS) is 24.7. The van der Waals surface area contributed by atoms with Crippen LogP contribution in [0, 0.1) is 0 Å². The smallest absolute Gasteiger partial charge is 0.254 e. The first-order valence-electron chi connectivity index (χ1n) is 6.21. The van der Waals surface area contributed by atoms with Gasteiger partial charge < -0.3 is 10.0 Å². The van der Waals surface area contributed by atoms with Gasteiger partial charge in [-0.3, -0.25) is 4.79 Å². The highest BCUT2D eigenvalue weighted by atomic mass is 16.3. The van der Waals surface area contributed by atoms with Crippen molar-refractivity contribution < 1.29 is 9.90 Å². The van der Waals surface area contributed by atoms with Crippen LogP contribution in [-0.2, 0) is 0 Å². The number of phenols is 1. The van der Waals surface area contributed by atoms with E-state index < -0.39 is 0 Å². The molecule has 17 heavy (non-hydrogen) atoms. The van der Waals surface area contributed by atoms with Gasteiger partial charge in [0.2, 0.25) is 0 Å². The maximum Gasteiger partial charge on any atom is 0.254 e. The molecule has 2 rings (SSSR count). The van der Waals surface area contributed by atoms with Gasteiger partial charge in [0.05, 0.1) is 0 Å². The lowest BCUT2D eigenvalue weighted by molar-refractivity contribution is 0.0511. The molecule has 0 spiro atoms. The maximum atomic E-state index is 12.4. The van der Waals surface area contributed by atoms with E-state index in [1.54, 1.807) is 24.3 Å². The molecule has 1 heterocycles. The molecule has 1 fully saturated rings. The molecule has 1 aliphatic rings. The Labute approximate surface area is 102 Å². The lowest BCUT2D eigenvalue weighted by atomic mass is 9.96. The third-order valence-corrected chi connectivity index (χ3v) is 3.54. The summed E-state index contributed by atoms with van der Waals surface area (Å²) in [5.41, 5.74) is 0.656. The number of piperidine rings is 1. The number of benzene rings is 1. The van der Waals surface area contributed by atoms with Gasteiger partial charge in [0.25, 0.3) is 5.91 Å². The molecule has 1 saturated heterocycles. The zero-order valence-electron chi connectivity index (χ0n) is 10.4. The monoisotopic (exact) mass is 233 g/mol. The zero-order chi connectivity index (χ0) is 12.4. The van der Waals surface area contributed by atoms with Gasteiger partial charge in [0.1, 0.15) is 5.75 Å². The number of hydrogen-bond acceptors (Lipinski definition) is 2. The molecular weight excluding hydrogens is 214 g/mol. The van der Waals surface area contributed by atoms with Crippen LogP contribution in [0.15, 0.2) is 24.3 Å². The van der Waals surface area contributed by atoms with E-state index in [2.05, 4.69) is 13.8 Å². The van der Waals surface area contributed by atoms with Crippen LogP contribution in [-0.4, -0.2) is 28.0 Å². The Bertz CT molecular complexity index is 389. The molecule has 3 nitrogen and oxygen atoms in total. The third-order valence-electron chi connectivity index (χ3n) is 3.54. The molecule has 0 aromatic heterocycles. The fourth-order valence-electron chi connectivity index (χ4n) is 2.57. The fourth-order valence-corrected chi connectivity index (χ4v) is 2.57. The molecule has 0 radical (unpaired) electrons. The molecule has 1 aliphatic heterocycles. The van der Waals surface area contributed by atoms with Crippen molar-refractivity contribution in [1.29, 1.82) is 0 Å². The van der Waals surface area contributed by atoms with Crippen molar-refractivity contribution in [2.45, 2.75) is 45.2 Å². The van der Waals surface area contributed by atoms with Crippen molar-refractivity contribution >= 4 is 5.91 Å². The summed E-state index contributed by atoms with van der Waals surface area (Å²) >= 11 is 0. The van der Waals surface area contributed by atoms with E-state index in [-0.39, 0.29) is 11.7 Å². The van der Waals surface area contributed by atoms with Crippen molar-refractivity contribution in [1.82, 2.24) is 4.90 Å². The van der Waals surface area contributed by atoms with E-state index >= 15 is 0 Å². The highest BCUT2D eigenvalue weighted by Gasteiger charge is 2.29. The molecule has 1 N–H and O–H groups in total. The summed E-state index contributed by atoms with van der Waals surface area (Å²) in [5.74, 6) is 0.269. The summed E-state index contributed by atoms with van der Waals surface area (Å²) in [6, 6.07) is 7.11. The predicted molar refractivity (Wildman–Crippen MR) is 67.1 cm³/mol. The topological polar surface area (TPSA) is 40.5 Å². The highest BCUT2D eigenvalue weighted by molar-refractivity contribution is 5.94. The Hall–Kier alpha value is -1.51. The summed E-state index contributed by atoms with van der Waals surface area (Å²) in [4.78, 5) is 14.3. The van der Waals surface area contributed by atoms with Crippen LogP contribution in [0.5, 0.6) is 5.75 Å². The first-order chi connectivity index (χ1) is 8.09. The summed E-state index contributed by atoms with van der Waals surface area (Å²) in [6.45, 7) is 4.21. The molecule has 0 aliphatic carbocycles. The van der Waals surface area contributed by atoms with Crippen molar-refractivity contribution in [3.63, 3.8) is 0 Å². The number of aromatic hydroxyl groups is 1. The molecule has 0 bridgehead atoms. The molecule has 0 saturated carbocycles. The van der Waals surface area contributed by atoms with Crippen LogP contribution in [0.4, 0.5) is 0 Å². The van der Waals surface area contributed by atoms with Crippen molar-refractivity contribution in [3.05, 3.63) is 29.8 Å². The number of rotatable bonds is 1. The number of likely N-dealkylation sites (tertiary alicyclic amines) is 1. The van der Waals surface area contributed by atoms with E-state index in [0.29, 0.717) is 17.6 Å². The predicted octanol–water partition coefficient (Wildman–Crippen LogP) is 2.80. The summed E-state index contributed by atoms with van der Waals surface area (Å²) in [7, 11) is 0. The minimum absolute atomic E-state index is 0.0738. The molecule has 92 valence electrons. The number of phenolic OH excluding ortho intramolecular Hbond substituents is 1. The average molecular weight is 233 g/mol. The minimum Gasteiger partial charge on any atom is -0.508 e. The molecule has 1 amide bonds. The number of amides is 1. The van der Waals surface area contributed by atoms with E-state index in [9.17, 15) is 9.90 Å². The van der Waals surface area contributed by atoms with Crippen molar-refractivity contribution in [3.8, 4) is 5.75 Å². The third kappa shape index (κ3) is 2.43. The van der Waals surface area contributed by atoms with Gasteiger partial charge in [-0.2, -0.15) is 0 Å². The van der Waals surface area contributed by atoms with Gasteiger partial charge in [-0.15, -0.1) is 0 Å². The molecule has 1 aromatic carbocycles. The summed E-state index contributed by atoms with van der Waals surface area (Å²) in [5, 5.41) is 9.23. The highest BCUT2D eigenvalue weighted by Crippen LogP contribution is 2.25. The molecular formula is C14H19NO2. The first kappa shape index (κ1) is 12.0. The Balaban J connectivity index is 2.20. The van der Waals surface area contributed by atoms with Crippen LogP contribution in [0.1, 0.15) is 43.5 Å². The van der Waals surface area contributed by atoms with Crippen LogP contribution in [0.2, 0.25) is 0 Å². The SMILES string of the molecule is C[C@@H]1CCC[C@H](C)N1C(=O)c1ccc(O)cc1. The second-order valence-corrected chi connectivity index (χ2v) is 4.89. The number of nitrogens with zero attached hydrogens (tertiary/aromatic N) is 1. The van der Waals surface area contributed by atoms with Gasteiger partial charge in [-0.1, -0.05) is 0 Å². The van der Waals surface area contributed by atoms with Gasteiger partial charge in [-0.05, 0) is 57.4 Å². The van der Waals surface area contributed by atoms with Crippen LogP contribution >= 0.6 is 0 Å². The molecule has 3 heteroatoms. The van der Waals surface area contributed by atoms with Gasteiger partial charge in [0.15, 0.2) is 0 Å². The Morgan fingerprint density at radius 1 is 1.18 bits per heavy atom. The van der Waals surface area contributed by atoms with E-state index in [4.69, 9.17) is 0 Å². The van der Waals surface area contributed by atoms with E-state index in [0.717, 1.165) is 12.8 Å². The quantitative estimate of drug-likeness (QED) is 0.810. The molecule has 1 aromatic rings. The standard InChI is InChI=1S/C14H19NO2/c1-10-4-3-5-11(2)15(10)14(17)12-6-8-13(16)9-7-12/h6-11,16H,3-5H2,1-2H3/t10-,11+. The number of hydrogen-bond donors (Lipinski definition) is 1. The summed E-state index contributed by atoms with van der Waals surface area (Å²) < 4.78 is 0. The molecule has 0 unspecified atom stereocenters. The van der Waals surface area contributed by atoms with Gasteiger partial charge >= 0.3 is 0 Å². The minimum atomic E-state index is 0.0738. The summed E-state index contributed by atoms with van der Waals surface area (Å²) in [6.07, 6.45) is 3.35. The van der Waals surface area contributed by atoms with Crippen molar-refractivity contribution in [2.24, 2.45) is 0 Å². The maximum absolute atomic E-state index is 12.4. The van der Waals surface area contributed by atoms with Crippen LogP contribution < -0.4 is 0 Å². The first-order valence-corrected chi connectivity index (χ1v) is 6.21. The van der Waals surface area contributed by atoms with E-state index in [1.165, 1.54) is 6.42 Å². The fraction of sp³-hybridized carbons (Fsp3) is 0.500. The zero-order valence-corrected chi connectivity index (χ0v) is 10.4. The Kier molecular flexibility index (Phi) is 3.36. The van der Waals surface area contributed by atoms with Gasteiger partial charge in [-0.25, -0.2) is 0 Å². The second kappa shape index (κ2) is 4.78. The van der Waals surface area contributed by atoms with Crippen molar-refractivity contribution in [2.75, 3.05) is 0 Å². The van der Waals surface area contributed by atoms with Crippen LogP contribution in [0.3, 0.4) is 0 Å². The Morgan fingerprint density at radius 2 is 1.71 bits per heavy atom.